The smallest absolute Gasteiger partial charge is 0.308 e. The van der Waals surface area contributed by atoms with Crippen LogP contribution in [-0.2, 0) is 4.79 Å². The van der Waals surface area contributed by atoms with E-state index >= 15 is 0 Å². The van der Waals surface area contributed by atoms with Crippen LogP contribution in [0.25, 0.3) is 0 Å². The summed E-state index contributed by atoms with van der Waals surface area (Å²) in [5, 5.41) is 8.92. The van der Waals surface area contributed by atoms with Crippen molar-refractivity contribution in [2.24, 2.45) is 5.92 Å². The number of nitrogens with one attached hydrogen (secondary N) is 1. The fourth-order valence-corrected chi connectivity index (χ4v) is 2.42. The zero-order valence-corrected chi connectivity index (χ0v) is 10.9. The van der Waals surface area contributed by atoms with Crippen molar-refractivity contribution in [1.82, 2.24) is 9.88 Å². The number of carbonyl (C=O) groups excluding carboxylic acids is 1. The molecule has 0 aliphatic carbocycles. The Morgan fingerprint density at radius 1 is 1.42 bits per heavy atom. The molecule has 19 heavy (non-hydrogen) atoms. The zero-order valence-electron chi connectivity index (χ0n) is 10.9. The maximum absolute atomic E-state index is 12.3. The number of carbonyl (C=O) groups is 2. The lowest BCUT2D eigenvalue weighted by molar-refractivity contribution is -0.141. The van der Waals surface area contributed by atoms with E-state index in [1.165, 1.54) is 4.90 Å². The number of aliphatic carboxylic acids is 1. The Labute approximate surface area is 110 Å². The summed E-state index contributed by atoms with van der Waals surface area (Å²) in [6.07, 6.45) is 0.434. The van der Waals surface area contributed by atoms with E-state index < -0.39 is 17.4 Å². The van der Waals surface area contributed by atoms with Crippen molar-refractivity contribution in [2.45, 2.75) is 20.3 Å². The van der Waals surface area contributed by atoms with E-state index in [0.717, 1.165) is 0 Å². The highest BCUT2D eigenvalue weighted by Gasteiger charge is 2.32. The third-order valence-electron chi connectivity index (χ3n) is 3.40. The molecule has 1 aliphatic heterocycles. The molecule has 102 valence electrons. The molecule has 2 rings (SSSR count). The molecule has 0 bridgehead atoms. The van der Waals surface area contributed by atoms with Gasteiger partial charge in [-0.05, 0) is 31.9 Å². The minimum Gasteiger partial charge on any atom is -0.481 e. The van der Waals surface area contributed by atoms with E-state index in [4.69, 9.17) is 5.11 Å². The lowest BCUT2D eigenvalue weighted by Crippen LogP contribution is -2.34. The Balaban J connectivity index is 2.27. The molecule has 0 saturated carbocycles. The van der Waals surface area contributed by atoms with Gasteiger partial charge in [-0.2, -0.15) is 0 Å². The molecule has 1 atom stereocenters. The lowest BCUT2D eigenvalue weighted by Gasteiger charge is -2.16. The average molecular weight is 264 g/mol. The summed E-state index contributed by atoms with van der Waals surface area (Å²) >= 11 is 0. The summed E-state index contributed by atoms with van der Waals surface area (Å²) in [7, 11) is 0. The maximum atomic E-state index is 12.3. The van der Waals surface area contributed by atoms with Crippen molar-refractivity contribution < 1.29 is 14.7 Å². The number of aromatic amines is 1. The number of carboxylic acids is 1. The predicted molar refractivity (Wildman–Crippen MR) is 68.2 cm³/mol. The maximum Gasteiger partial charge on any atom is 0.308 e. The number of nitrogens with zero attached hydrogens (tertiary/aromatic N) is 1. The first-order chi connectivity index (χ1) is 8.90. The largest absolute Gasteiger partial charge is 0.481 e. The van der Waals surface area contributed by atoms with Crippen LogP contribution in [0.5, 0.6) is 0 Å². The highest BCUT2D eigenvalue weighted by atomic mass is 16.4. The van der Waals surface area contributed by atoms with Gasteiger partial charge in [0.2, 0.25) is 0 Å². The summed E-state index contributed by atoms with van der Waals surface area (Å²) in [5.74, 6) is -1.82. The number of H-pyrrole nitrogens is 1. The van der Waals surface area contributed by atoms with Gasteiger partial charge in [-0.3, -0.25) is 14.4 Å². The molecule has 1 fully saturated rings. The quantitative estimate of drug-likeness (QED) is 0.815. The predicted octanol–water partition coefficient (Wildman–Crippen LogP) is 0.538. The number of rotatable bonds is 2. The van der Waals surface area contributed by atoms with E-state index in [1.807, 2.05) is 0 Å². The monoisotopic (exact) mass is 264 g/mol. The fraction of sp³-hybridized carbons (Fsp3) is 0.462. The Kier molecular flexibility index (Phi) is 3.42. The van der Waals surface area contributed by atoms with E-state index in [1.54, 1.807) is 19.9 Å². The van der Waals surface area contributed by atoms with E-state index in [-0.39, 0.29) is 18.0 Å². The van der Waals surface area contributed by atoms with Crippen LogP contribution in [0.4, 0.5) is 0 Å². The van der Waals surface area contributed by atoms with Crippen LogP contribution in [0.3, 0.4) is 0 Å². The number of hydrogen-bond donors (Lipinski definition) is 2. The number of aryl methyl sites for hydroxylation is 2. The second kappa shape index (κ2) is 4.87. The van der Waals surface area contributed by atoms with Crippen molar-refractivity contribution in [3.05, 3.63) is 33.2 Å². The van der Waals surface area contributed by atoms with E-state index in [2.05, 4.69) is 4.98 Å². The van der Waals surface area contributed by atoms with E-state index in [9.17, 15) is 14.4 Å². The van der Waals surface area contributed by atoms with Gasteiger partial charge in [0, 0.05) is 18.8 Å². The summed E-state index contributed by atoms with van der Waals surface area (Å²) < 4.78 is 0. The Hall–Kier alpha value is -2.11. The first-order valence-electron chi connectivity index (χ1n) is 6.12. The van der Waals surface area contributed by atoms with Crippen molar-refractivity contribution in [2.75, 3.05) is 13.1 Å². The van der Waals surface area contributed by atoms with Crippen LogP contribution < -0.4 is 5.56 Å². The number of aromatic nitrogens is 1. The number of hydrogen-bond acceptors (Lipinski definition) is 3. The summed E-state index contributed by atoms with van der Waals surface area (Å²) in [4.78, 5) is 39.0. The van der Waals surface area contributed by atoms with Gasteiger partial charge in [0.1, 0.15) is 5.56 Å². The summed E-state index contributed by atoms with van der Waals surface area (Å²) in [6.45, 7) is 4.00. The third-order valence-corrected chi connectivity index (χ3v) is 3.40. The van der Waals surface area contributed by atoms with Gasteiger partial charge in [0.05, 0.1) is 5.92 Å². The molecule has 6 nitrogen and oxygen atoms in total. The molecule has 0 spiro atoms. The van der Waals surface area contributed by atoms with Crippen LogP contribution in [0, 0.1) is 19.8 Å². The number of carboxylic acid groups (broad SMARTS) is 1. The molecule has 0 radical (unpaired) electrons. The molecule has 1 saturated heterocycles. The van der Waals surface area contributed by atoms with Crippen LogP contribution in [0.1, 0.15) is 28.0 Å². The molecule has 1 aromatic rings. The van der Waals surface area contributed by atoms with Crippen molar-refractivity contribution >= 4 is 11.9 Å². The second-order valence-electron chi connectivity index (χ2n) is 4.91. The Bertz CT molecular complexity index is 591. The SMILES string of the molecule is Cc1cc(C)c(C(=O)N2CCC(C(=O)O)C2)c(=O)[nH]1. The average Bonchev–Trinajstić information content (AvgIpc) is 2.76. The first-order valence-corrected chi connectivity index (χ1v) is 6.12. The third kappa shape index (κ3) is 2.52. The molecule has 1 aromatic heterocycles. The fourth-order valence-electron chi connectivity index (χ4n) is 2.42. The molecule has 2 N–H and O–H groups in total. The number of likely N-dealkylation sites (tertiary alicyclic amines) is 1. The molecule has 1 unspecified atom stereocenters. The van der Waals surface area contributed by atoms with Crippen molar-refractivity contribution in [3.63, 3.8) is 0 Å². The highest BCUT2D eigenvalue weighted by Crippen LogP contribution is 2.19. The minimum atomic E-state index is -0.898. The minimum absolute atomic E-state index is 0.108. The first kappa shape index (κ1) is 13.3. The van der Waals surface area contributed by atoms with Gasteiger partial charge in [-0.25, -0.2) is 0 Å². The van der Waals surface area contributed by atoms with Gasteiger partial charge in [-0.1, -0.05) is 0 Å². The highest BCUT2D eigenvalue weighted by molar-refractivity contribution is 5.95. The standard InChI is InChI=1S/C13H16N2O4/c1-7-5-8(2)14-11(16)10(7)12(17)15-4-3-9(6-15)13(18)19/h5,9H,3-4,6H2,1-2H3,(H,14,16)(H,18,19). The Morgan fingerprint density at radius 3 is 2.63 bits per heavy atom. The van der Waals surface area contributed by atoms with Crippen LogP contribution in [-0.4, -0.2) is 40.0 Å². The van der Waals surface area contributed by atoms with Crippen LogP contribution >= 0.6 is 0 Å². The normalized spacial score (nSPS) is 18.6. The lowest BCUT2D eigenvalue weighted by atomic mass is 10.1. The molecule has 1 amide bonds. The number of pyridine rings is 1. The molecule has 0 aromatic carbocycles. The van der Waals surface area contributed by atoms with Crippen LogP contribution in [0.15, 0.2) is 10.9 Å². The Morgan fingerprint density at radius 2 is 2.11 bits per heavy atom. The molecule has 1 aliphatic rings. The van der Waals surface area contributed by atoms with Crippen molar-refractivity contribution in [1.29, 1.82) is 0 Å². The van der Waals surface area contributed by atoms with Gasteiger partial charge < -0.3 is 15.0 Å². The van der Waals surface area contributed by atoms with Crippen LogP contribution in [0.2, 0.25) is 0 Å². The second-order valence-corrected chi connectivity index (χ2v) is 4.91. The van der Waals surface area contributed by atoms with Gasteiger partial charge in [0.25, 0.3) is 11.5 Å². The summed E-state index contributed by atoms with van der Waals surface area (Å²) in [5.41, 5.74) is 1.01. The molecule has 2 heterocycles. The molecule has 6 heteroatoms. The number of amides is 1. The summed E-state index contributed by atoms with van der Waals surface area (Å²) in [6, 6.07) is 1.74. The molecular weight excluding hydrogens is 248 g/mol. The van der Waals surface area contributed by atoms with Crippen molar-refractivity contribution in [3.8, 4) is 0 Å². The van der Waals surface area contributed by atoms with Gasteiger partial charge in [0.15, 0.2) is 0 Å². The van der Waals surface area contributed by atoms with Gasteiger partial charge in [-0.15, -0.1) is 0 Å². The zero-order chi connectivity index (χ0) is 14.2. The van der Waals surface area contributed by atoms with Gasteiger partial charge >= 0.3 is 5.97 Å². The van der Waals surface area contributed by atoms with E-state index in [0.29, 0.717) is 24.2 Å². The molecular formula is C13H16N2O4. The topological polar surface area (TPSA) is 90.5 Å².